The van der Waals surface area contributed by atoms with Crippen LogP contribution in [0.15, 0.2) is 77.5 Å². The highest BCUT2D eigenvalue weighted by Gasteiger charge is 2.22. The Balaban J connectivity index is 1.72. The highest BCUT2D eigenvalue weighted by Crippen LogP contribution is 2.37. The molecular formula is C23H21N3O2S. The van der Waals surface area contributed by atoms with Crippen LogP contribution in [0.4, 0.5) is 10.8 Å². The molecule has 146 valence electrons. The number of hydrogen-bond acceptors (Lipinski definition) is 5. The first kappa shape index (κ1) is 19.0. The van der Waals surface area contributed by atoms with E-state index >= 15 is 0 Å². The number of nitrogens with one attached hydrogen (secondary N) is 2. The van der Waals surface area contributed by atoms with E-state index in [-0.39, 0.29) is 17.7 Å². The fraction of sp³-hybridized carbons (Fsp3) is 0.130. The summed E-state index contributed by atoms with van der Waals surface area (Å²) in [5.74, 6) is 0.787. The van der Waals surface area contributed by atoms with Gasteiger partial charge in [-0.3, -0.25) is 4.79 Å². The lowest BCUT2D eigenvalue weighted by atomic mass is 9.99. The fourth-order valence-corrected chi connectivity index (χ4v) is 4.06. The second kappa shape index (κ2) is 8.32. The van der Waals surface area contributed by atoms with Crippen LogP contribution < -0.4 is 10.6 Å². The summed E-state index contributed by atoms with van der Waals surface area (Å²) in [5, 5.41) is 7.31. The normalized spacial score (nSPS) is 11.8. The van der Waals surface area contributed by atoms with Gasteiger partial charge in [-0.25, -0.2) is 4.98 Å². The van der Waals surface area contributed by atoms with Crippen LogP contribution in [-0.4, -0.2) is 10.9 Å². The molecule has 0 aliphatic rings. The summed E-state index contributed by atoms with van der Waals surface area (Å²) < 4.78 is 5.24. The molecule has 0 spiro atoms. The lowest BCUT2D eigenvalue weighted by molar-refractivity contribution is 0.0997. The molecule has 0 fully saturated rings. The van der Waals surface area contributed by atoms with E-state index in [1.165, 1.54) is 11.8 Å². The third-order valence-corrected chi connectivity index (χ3v) is 5.52. The summed E-state index contributed by atoms with van der Waals surface area (Å²) >= 11 is 1.54. The van der Waals surface area contributed by atoms with Crippen molar-refractivity contribution in [2.75, 3.05) is 10.6 Å². The van der Waals surface area contributed by atoms with Crippen molar-refractivity contribution in [1.29, 1.82) is 0 Å². The number of pyridine rings is 1. The molecule has 1 unspecified atom stereocenters. The molecule has 4 aromatic rings. The van der Waals surface area contributed by atoms with Crippen LogP contribution in [-0.2, 0) is 0 Å². The predicted molar refractivity (Wildman–Crippen MR) is 117 cm³/mol. The molecule has 6 heteroatoms. The smallest absolute Gasteiger partial charge is 0.291 e. The van der Waals surface area contributed by atoms with Gasteiger partial charge in [0.05, 0.1) is 12.3 Å². The third-order valence-electron chi connectivity index (χ3n) is 4.53. The average Bonchev–Trinajstić information content (AvgIpc) is 3.38. The van der Waals surface area contributed by atoms with Crippen molar-refractivity contribution in [3.8, 4) is 0 Å². The summed E-state index contributed by atoms with van der Waals surface area (Å²) in [5.41, 5.74) is 3.27. The standard InChI is InChI=1S/C23H21N3O2S/c1-15-8-10-17(11-9-15)21(25-20-7-3-4-12-24-20)18-14-16(2)29-23(18)26-22(27)19-6-5-13-28-19/h3-14,21H,1-2H3,(H,24,25)(H,26,27). The minimum absolute atomic E-state index is 0.164. The number of aryl methyl sites for hydroxylation is 2. The van der Waals surface area contributed by atoms with Crippen molar-refractivity contribution in [3.05, 3.63) is 100 Å². The number of furan rings is 1. The predicted octanol–water partition coefficient (Wildman–Crippen LogP) is 5.81. The Labute approximate surface area is 173 Å². The van der Waals surface area contributed by atoms with Gasteiger partial charge in [0, 0.05) is 16.6 Å². The van der Waals surface area contributed by atoms with Crippen molar-refractivity contribution in [2.24, 2.45) is 0 Å². The van der Waals surface area contributed by atoms with E-state index in [0.29, 0.717) is 0 Å². The van der Waals surface area contributed by atoms with E-state index in [0.717, 1.165) is 26.8 Å². The fourth-order valence-electron chi connectivity index (χ4n) is 3.11. The number of anilines is 2. The number of carbonyl (C=O) groups excluding carboxylic acids is 1. The van der Waals surface area contributed by atoms with Gasteiger partial charge < -0.3 is 15.1 Å². The van der Waals surface area contributed by atoms with Crippen molar-refractivity contribution in [2.45, 2.75) is 19.9 Å². The monoisotopic (exact) mass is 403 g/mol. The first-order valence-corrected chi connectivity index (χ1v) is 10.1. The zero-order valence-electron chi connectivity index (χ0n) is 16.2. The second-order valence-corrected chi connectivity index (χ2v) is 8.03. The summed E-state index contributed by atoms with van der Waals surface area (Å²) in [6.07, 6.45) is 3.25. The highest BCUT2D eigenvalue weighted by molar-refractivity contribution is 7.16. The quantitative estimate of drug-likeness (QED) is 0.426. The first-order valence-electron chi connectivity index (χ1n) is 9.29. The van der Waals surface area contributed by atoms with Gasteiger partial charge in [0.1, 0.15) is 10.8 Å². The van der Waals surface area contributed by atoms with Crippen LogP contribution >= 0.6 is 11.3 Å². The molecule has 3 aromatic heterocycles. The maximum atomic E-state index is 12.6. The topological polar surface area (TPSA) is 67.2 Å². The molecule has 29 heavy (non-hydrogen) atoms. The maximum Gasteiger partial charge on any atom is 0.291 e. The van der Waals surface area contributed by atoms with Gasteiger partial charge in [-0.15, -0.1) is 11.3 Å². The Morgan fingerprint density at radius 3 is 2.59 bits per heavy atom. The van der Waals surface area contributed by atoms with Gasteiger partial charge in [-0.2, -0.15) is 0 Å². The Hall–Kier alpha value is -3.38. The molecule has 3 heterocycles. The molecular weight excluding hydrogens is 382 g/mol. The molecule has 5 nitrogen and oxygen atoms in total. The zero-order chi connectivity index (χ0) is 20.2. The molecule has 1 aromatic carbocycles. The highest BCUT2D eigenvalue weighted by atomic mass is 32.1. The van der Waals surface area contributed by atoms with Crippen LogP contribution in [0.2, 0.25) is 0 Å². The second-order valence-electron chi connectivity index (χ2n) is 6.78. The van der Waals surface area contributed by atoms with Gasteiger partial charge in [-0.05, 0) is 49.7 Å². The third kappa shape index (κ3) is 4.38. The average molecular weight is 404 g/mol. The molecule has 2 N–H and O–H groups in total. The van der Waals surface area contributed by atoms with Crippen LogP contribution in [0.3, 0.4) is 0 Å². The summed E-state index contributed by atoms with van der Waals surface area (Å²) in [7, 11) is 0. The number of hydrogen-bond donors (Lipinski definition) is 2. The van der Waals surface area contributed by atoms with Crippen molar-refractivity contribution in [3.63, 3.8) is 0 Å². The van der Waals surface area contributed by atoms with E-state index < -0.39 is 0 Å². The largest absolute Gasteiger partial charge is 0.459 e. The van der Waals surface area contributed by atoms with Crippen LogP contribution in [0.1, 0.15) is 38.2 Å². The minimum atomic E-state index is -0.265. The van der Waals surface area contributed by atoms with E-state index in [1.807, 2.05) is 25.1 Å². The number of benzene rings is 1. The van der Waals surface area contributed by atoms with E-state index in [4.69, 9.17) is 4.42 Å². The van der Waals surface area contributed by atoms with Crippen molar-refractivity contribution >= 4 is 28.1 Å². The Morgan fingerprint density at radius 2 is 1.90 bits per heavy atom. The maximum absolute atomic E-state index is 12.6. The van der Waals surface area contributed by atoms with E-state index in [2.05, 4.69) is 52.9 Å². The molecule has 0 saturated carbocycles. The summed E-state index contributed by atoms with van der Waals surface area (Å²) in [6, 6.07) is 19.4. The first-order chi connectivity index (χ1) is 14.1. The molecule has 0 bridgehead atoms. The van der Waals surface area contributed by atoms with Crippen LogP contribution in [0.5, 0.6) is 0 Å². The molecule has 0 radical (unpaired) electrons. The van der Waals surface area contributed by atoms with Crippen LogP contribution in [0, 0.1) is 13.8 Å². The SMILES string of the molecule is Cc1ccc(C(Nc2ccccn2)c2cc(C)sc2NC(=O)c2ccco2)cc1. The number of rotatable bonds is 6. The van der Waals surface area contributed by atoms with Gasteiger partial charge in [0.2, 0.25) is 0 Å². The summed E-state index contributed by atoms with van der Waals surface area (Å²) in [6.45, 7) is 4.10. The number of carbonyl (C=O) groups is 1. The van der Waals surface area contributed by atoms with E-state index in [9.17, 15) is 4.79 Å². The Kier molecular flexibility index (Phi) is 5.44. The van der Waals surface area contributed by atoms with Gasteiger partial charge >= 0.3 is 0 Å². The van der Waals surface area contributed by atoms with E-state index in [1.54, 1.807) is 29.7 Å². The molecule has 4 rings (SSSR count). The van der Waals surface area contributed by atoms with Gasteiger partial charge in [0.25, 0.3) is 5.91 Å². The Morgan fingerprint density at radius 1 is 1.07 bits per heavy atom. The number of amides is 1. The zero-order valence-corrected chi connectivity index (χ0v) is 17.0. The van der Waals surface area contributed by atoms with Crippen molar-refractivity contribution < 1.29 is 9.21 Å². The van der Waals surface area contributed by atoms with Crippen LogP contribution in [0.25, 0.3) is 0 Å². The molecule has 0 aliphatic carbocycles. The molecule has 0 saturated heterocycles. The van der Waals surface area contributed by atoms with Gasteiger partial charge in [-0.1, -0.05) is 35.9 Å². The molecule has 1 atom stereocenters. The minimum Gasteiger partial charge on any atom is -0.459 e. The molecule has 1 amide bonds. The number of nitrogens with zero attached hydrogens (tertiary/aromatic N) is 1. The van der Waals surface area contributed by atoms with Crippen molar-refractivity contribution in [1.82, 2.24) is 4.98 Å². The Bertz CT molecular complexity index is 1090. The number of thiophene rings is 1. The lowest BCUT2D eigenvalue weighted by Crippen LogP contribution is -2.16. The summed E-state index contributed by atoms with van der Waals surface area (Å²) in [4.78, 5) is 18.1. The van der Waals surface area contributed by atoms with Gasteiger partial charge in [0.15, 0.2) is 5.76 Å². The lowest BCUT2D eigenvalue weighted by Gasteiger charge is -2.21. The molecule has 0 aliphatic heterocycles. The number of aromatic nitrogens is 1.